The summed E-state index contributed by atoms with van der Waals surface area (Å²) in [6.45, 7) is 2.11. The van der Waals surface area contributed by atoms with Crippen molar-refractivity contribution in [2.45, 2.75) is 39.2 Å². The van der Waals surface area contributed by atoms with E-state index in [-0.39, 0.29) is 6.61 Å². The largest absolute Gasteiger partial charge is 0.232 e. The van der Waals surface area contributed by atoms with Gasteiger partial charge in [-0.3, -0.25) is 0 Å². The summed E-state index contributed by atoms with van der Waals surface area (Å²) >= 11 is 0. The first-order valence-corrected chi connectivity index (χ1v) is 5.03. The Labute approximate surface area is 80.4 Å². The molecule has 0 bridgehead atoms. The standard InChI is InChI=1S/C12H17O/c1-2-3-4-7-11-8-5-6-9-12(11)10-13/h5-6,8-9H,2-4,7,10H2,1H3. The number of hydrogen-bond donors (Lipinski definition) is 0. The molecule has 1 aromatic carbocycles. The first kappa shape index (κ1) is 10.3. The van der Waals surface area contributed by atoms with Crippen molar-refractivity contribution in [2.24, 2.45) is 0 Å². The highest BCUT2D eigenvalue weighted by Crippen LogP contribution is 2.12. The van der Waals surface area contributed by atoms with Crippen LogP contribution in [0, 0.1) is 0 Å². The van der Waals surface area contributed by atoms with Gasteiger partial charge in [0.25, 0.3) is 0 Å². The Morgan fingerprint density at radius 3 is 2.38 bits per heavy atom. The van der Waals surface area contributed by atoms with Crippen molar-refractivity contribution in [3.05, 3.63) is 35.4 Å². The number of aryl methyl sites for hydroxylation is 1. The lowest BCUT2D eigenvalue weighted by Gasteiger charge is -2.05. The molecule has 0 spiro atoms. The van der Waals surface area contributed by atoms with Crippen molar-refractivity contribution in [2.75, 3.05) is 0 Å². The number of benzene rings is 1. The van der Waals surface area contributed by atoms with Crippen LogP contribution in [0.3, 0.4) is 0 Å². The molecule has 0 aliphatic heterocycles. The molecular weight excluding hydrogens is 160 g/mol. The highest BCUT2D eigenvalue weighted by molar-refractivity contribution is 5.26. The molecule has 0 aromatic heterocycles. The molecule has 0 N–H and O–H groups in total. The van der Waals surface area contributed by atoms with Crippen molar-refractivity contribution in [3.63, 3.8) is 0 Å². The molecule has 0 saturated carbocycles. The molecule has 1 heteroatoms. The van der Waals surface area contributed by atoms with Crippen LogP contribution < -0.4 is 0 Å². The zero-order valence-electron chi connectivity index (χ0n) is 8.25. The van der Waals surface area contributed by atoms with Crippen molar-refractivity contribution < 1.29 is 5.11 Å². The third-order valence-corrected chi connectivity index (χ3v) is 2.32. The van der Waals surface area contributed by atoms with E-state index in [0.29, 0.717) is 0 Å². The molecule has 0 aliphatic rings. The molecule has 1 aromatic rings. The fraction of sp³-hybridized carbons (Fsp3) is 0.500. The van der Waals surface area contributed by atoms with Crippen LogP contribution in [-0.4, -0.2) is 0 Å². The van der Waals surface area contributed by atoms with Crippen LogP contribution in [0.15, 0.2) is 24.3 Å². The fourth-order valence-corrected chi connectivity index (χ4v) is 1.51. The zero-order valence-corrected chi connectivity index (χ0v) is 8.25. The van der Waals surface area contributed by atoms with E-state index in [0.717, 1.165) is 12.0 Å². The van der Waals surface area contributed by atoms with E-state index in [4.69, 9.17) is 0 Å². The Balaban J connectivity index is 2.54. The van der Waals surface area contributed by atoms with Crippen molar-refractivity contribution in [1.29, 1.82) is 0 Å². The molecule has 71 valence electrons. The van der Waals surface area contributed by atoms with E-state index in [1.807, 2.05) is 18.2 Å². The van der Waals surface area contributed by atoms with Crippen LogP contribution in [-0.2, 0) is 18.1 Å². The molecule has 13 heavy (non-hydrogen) atoms. The second-order valence-corrected chi connectivity index (χ2v) is 3.37. The average molecular weight is 177 g/mol. The lowest BCUT2D eigenvalue weighted by molar-refractivity contribution is 0.176. The molecular formula is C12H17O. The Hall–Kier alpha value is -0.820. The molecule has 0 atom stereocenters. The van der Waals surface area contributed by atoms with Gasteiger partial charge in [-0.25, -0.2) is 5.11 Å². The third kappa shape index (κ3) is 3.19. The highest BCUT2D eigenvalue weighted by atomic mass is 16.3. The van der Waals surface area contributed by atoms with Crippen molar-refractivity contribution >= 4 is 0 Å². The zero-order chi connectivity index (χ0) is 9.52. The van der Waals surface area contributed by atoms with E-state index in [1.54, 1.807) is 0 Å². The van der Waals surface area contributed by atoms with Crippen LogP contribution >= 0.6 is 0 Å². The van der Waals surface area contributed by atoms with Crippen molar-refractivity contribution in [3.8, 4) is 0 Å². The Bertz CT molecular complexity index is 243. The predicted octanol–water partition coefficient (Wildman–Crippen LogP) is 3.35. The summed E-state index contributed by atoms with van der Waals surface area (Å²) < 4.78 is 0. The van der Waals surface area contributed by atoms with Gasteiger partial charge in [0.05, 0.1) is 0 Å². The predicted molar refractivity (Wildman–Crippen MR) is 54.1 cm³/mol. The van der Waals surface area contributed by atoms with Gasteiger partial charge in [0.15, 0.2) is 0 Å². The first-order chi connectivity index (χ1) is 6.38. The number of unbranched alkanes of at least 4 members (excludes halogenated alkanes) is 2. The van der Waals surface area contributed by atoms with E-state index < -0.39 is 0 Å². The highest BCUT2D eigenvalue weighted by Gasteiger charge is 1.99. The molecule has 1 rings (SSSR count). The second kappa shape index (κ2) is 5.76. The summed E-state index contributed by atoms with van der Waals surface area (Å²) in [6.07, 6.45) is 4.76. The maximum absolute atomic E-state index is 10.8. The lowest BCUT2D eigenvalue weighted by atomic mass is 10.0. The van der Waals surface area contributed by atoms with Gasteiger partial charge in [0.2, 0.25) is 0 Å². The SMILES string of the molecule is CCCCCc1ccccc1C[O]. The van der Waals surface area contributed by atoms with Crippen LogP contribution in [0.4, 0.5) is 0 Å². The molecule has 0 aliphatic carbocycles. The normalized spacial score (nSPS) is 10.3. The summed E-state index contributed by atoms with van der Waals surface area (Å²) in [4.78, 5) is 0. The smallest absolute Gasteiger partial charge is 0.108 e. The van der Waals surface area contributed by atoms with E-state index in [2.05, 4.69) is 13.0 Å². The summed E-state index contributed by atoms with van der Waals surface area (Å²) in [5.74, 6) is 0. The minimum Gasteiger partial charge on any atom is -0.232 e. The summed E-state index contributed by atoms with van der Waals surface area (Å²) in [6, 6.07) is 7.97. The van der Waals surface area contributed by atoms with Gasteiger partial charge in [0.1, 0.15) is 6.61 Å². The van der Waals surface area contributed by atoms with Gasteiger partial charge >= 0.3 is 0 Å². The van der Waals surface area contributed by atoms with E-state index in [1.165, 1.54) is 24.8 Å². The van der Waals surface area contributed by atoms with Crippen molar-refractivity contribution in [1.82, 2.24) is 0 Å². The average Bonchev–Trinajstić information content (AvgIpc) is 2.19. The molecule has 1 nitrogen and oxygen atoms in total. The molecule has 0 fully saturated rings. The summed E-state index contributed by atoms with van der Waals surface area (Å²) in [5, 5.41) is 10.8. The quantitative estimate of drug-likeness (QED) is 0.615. The van der Waals surface area contributed by atoms with Crippen LogP contribution in [0.2, 0.25) is 0 Å². The number of rotatable bonds is 5. The molecule has 0 unspecified atom stereocenters. The van der Waals surface area contributed by atoms with Gasteiger partial charge < -0.3 is 0 Å². The Kier molecular flexibility index (Phi) is 4.55. The number of hydrogen-bond acceptors (Lipinski definition) is 0. The maximum Gasteiger partial charge on any atom is 0.108 e. The van der Waals surface area contributed by atoms with Crippen LogP contribution in [0.25, 0.3) is 0 Å². The van der Waals surface area contributed by atoms with E-state index in [9.17, 15) is 5.11 Å². The molecule has 0 heterocycles. The third-order valence-electron chi connectivity index (χ3n) is 2.32. The van der Waals surface area contributed by atoms with Gasteiger partial charge in [-0.1, -0.05) is 44.0 Å². The summed E-state index contributed by atoms with van der Waals surface area (Å²) in [5.41, 5.74) is 2.21. The summed E-state index contributed by atoms with van der Waals surface area (Å²) in [7, 11) is 0. The molecule has 0 amide bonds. The fourth-order valence-electron chi connectivity index (χ4n) is 1.51. The Morgan fingerprint density at radius 1 is 1.08 bits per heavy atom. The Morgan fingerprint density at radius 2 is 1.77 bits per heavy atom. The maximum atomic E-state index is 10.8. The van der Waals surface area contributed by atoms with Gasteiger partial charge in [-0.05, 0) is 24.0 Å². The topological polar surface area (TPSA) is 19.9 Å². The monoisotopic (exact) mass is 177 g/mol. The lowest BCUT2D eigenvalue weighted by Crippen LogP contribution is -1.92. The molecule has 1 radical (unpaired) electrons. The molecule has 0 saturated heterocycles. The first-order valence-electron chi connectivity index (χ1n) is 5.03. The minimum absolute atomic E-state index is 0.0811. The van der Waals surface area contributed by atoms with Gasteiger partial charge in [-0.15, -0.1) is 0 Å². The van der Waals surface area contributed by atoms with Crippen LogP contribution in [0.5, 0.6) is 0 Å². The van der Waals surface area contributed by atoms with Gasteiger partial charge in [-0.2, -0.15) is 0 Å². The van der Waals surface area contributed by atoms with Gasteiger partial charge in [0, 0.05) is 0 Å². The second-order valence-electron chi connectivity index (χ2n) is 3.37. The van der Waals surface area contributed by atoms with Crippen LogP contribution in [0.1, 0.15) is 37.3 Å². The van der Waals surface area contributed by atoms with E-state index >= 15 is 0 Å². The minimum atomic E-state index is -0.0811.